The van der Waals surface area contributed by atoms with Gasteiger partial charge in [-0.25, -0.2) is 0 Å². The van der Waals surface area contributed by atoms with Gasteiger partial charge in [0.15, 0.2) is 0 Å². The Morgan fingerprint density at radius 1 is 1.60 bits per heavy atom. The molecule has 0 saturated heterocycles. The van der Waals surface area contributed by atoms with Crippen molar-refractivity contribution in [2.45, 2.75) is 6.42 Å². The van der Waals surface area contributed by atoms with Crippen molar-refractivity contribution in [3.05, 3.63) is 29.3 Å². The number of hydrogen-bond donors (Lipinski definition) is 3. The topological polar surface area (TPSA) is 96.4 Å². The molecule has 0 aromatic heterocycles. The molecule has 0 heterocycles. The Kier molecular flexibility index (Phi) is 3.28. The van der Waals surface area contributed by atoms with Gasteiger partial charge in [0.25, 0.3) is 0 Å². The van der Waals surface area contributed by atoms with Crippen LogP contribution in [0.3, 0.4) is 0 Å². The highest BCUT2D eigenvalue weighted by atomic mass is 16.5. The van der Waals surface area contributed by atoms with E-state index in [4.69, 9.17) is 21.0 Å². The number of methoxy groups -OCH3 is 1. The second-order valence-electron chi connectivity index (χ2n) is 3.01. The number of carboxylic acids is 1. The number of nitrogens with one attached hydrogen (secondary N) is 1. The molecule has 0 amide bonds. The quantitative estimate of drug-likeness (QED) is 0.498. The first kappa shape index (κ1) is 11.0. The van der Waals surface area contributed by atoms with Gasteiger partial charge in [-0.2, -0.15) is 0 Å². The summed E-state index contributed by atoms with van der Waals surface area (Å²) in [6.45, 7) is 0. The molecule has 0 atom stereocenters. The fourth-order valence-electron chi connectivity index (χ4n) is 1.22. The summed E-state index contributed by atoms with van der Waals surface area (Å²) in [7, 11) is 1.45. The Bertz CT molecular complexity index is 402. The zero-order valence-electron chi connectivity index (χ0n) is 8.28. The molecule has 0 unspecified atom stereocenters. The molecule has 0 saturated carbocycles. The van der Waals surface area contributed by atoms with E-state index in [1.54, 1.807) is 18.2 Å². The van der Waals surface area contributed by atoms with Crippen molar-refractivity contribution in [3.63, 3.8) is 0 Å². The van der Waals surface area contributed by atoms with Crippen LogP contribution in [0.1, 0.15) is 11.1 Å². The van der Waals surface area contributed by atoms with Gasteiger partial charge in [0.2, 0.25) is 0 Å². The van der Waals surface area contributed by atoms with Crippen LogP contribution in [-0.2, 0) is 11.2 Å². The summed E-state index contributed by atoms with van der Waals surface area (Å²) >= 11 is 0. The zero-order valence-corrected chi connectivity index (χ0v) is 8.28. The molecule has 80 valence electrons. The molecule has 5 heteroatoms. The van der Waals surface area contributed by atoms with E-state index >= 15 is 0 Å². The molecule has 0 spiro atoms. The number of nitrogens with two attached hydrogens (primary N) is 1. The lowest BCUT2D eigenvalue weighted by molar-refractivity contribution is -0.136. The largest absolute Gasteiger partial charge is 0.496 e. The second kappa shape index (κ2) is 4.45. The third-order valence-electron chi connectivity index (χ3n) is 1.94. The van der Waals surface area contributed by atoms with Crippen LogP contribution >= 0.6 is 0 Å². The van der Waals surface area contributed by atoms with E-state index in [1.165, 1.54) is 7.11 Å². The zero-order chi connectivity index (χ0) is 11.4. The number of aliphatic carboxylic acids is 1. The third kappa shape index (κ3) is 2.70. The van der Waals surface area contributed by atoms with Crippen molar-refractivity contribution < 1.29 is 14.6 Å². The molecule has 0 aliphatic rings. The van der Waals surface area contributed by atoms with E-state index in [9.17, 15) is 4.79 Å². The standard InChI is InChI=1S/C10H12N2O3/c1-15-8-4-7(10(11)12)3-2-6(8)5-9(13)14/h2-4H,5H2,1H3,(H3,11,12)(H,13,14). The minimum atomic E-state index is -0.927. The summed E-state index contributed by atoms with van der Waals surface area (Å²) in [5, 5.41) is 15.9. The molecule has 1 aromatic rings. The maximum atomic E-state index is 10.5. The Hall–Kier alpha value is -2.04. The van der Waals surface area contributed by atoms with E-state index in [2.05, 4.69) is 0 Å². The lowest BCUT2D eigenvalue weighted by Crippen LogP contribution is -2.12. The van der Waals surface area contributed by atoms with Crippen LogP contribution in [0.4, 0.5) is 0 Å². The molecular formula is C10H12N2O3. The predicted molar refractivity (Wildman–Crippen MR) is 55.3 cm³/mol. The van der Waals surface area contributed by atoms with Crippen molar-refractivity contribution in [2.75, 3.05) is 7.11 Å². The summed E-state index contributed by atoms with van der Waals surface area (Å²) in [5.74, 6) is -0.566. The average Bonchev–Trinajstić information content (AvgIpc) is 2.17. The van der Waals surface area contributed by atoms with Crippen molar-refractivity contribution in [3.8, 4) is 5.75 Å². The summed E-state index contributed by atoms with van der Waals surface area (Å²) in [4.78, 5) is 10.5. The Morgan fingerprint density at radius 2 is 2.27 bits per heavy atom. The molecule has 1 aromatic carbocycles. The average molecular weight is 208 g/mol. The summed E-state index contributed by atoms with van der Waals surface area (Å²) < 4.78 is 5.02. The summed E-state index contributed by atoms with van der Waals surface area (Å²) in [6.07, 6.45) is -0.110. The first-order chi connectivity index (χ1) is 7.04. The number of carboxylic acid groups (broad SMARTS) is 1. The molecule has 0 bridgehead atoms. The number of ether oxygens (including phenoxy) is 1. The first-order valence-corrected chi connectivity index (χ1v) is 4.27. The molecule has 5 nitrogen and oxygen atoms in total. The van der Waals surface area contributed by atoms with Crippen LogP contribution in [-0.4, -0.2) is 24.0 Å². The van der Waals surface area contributed by atoms with Gasteiger partial charge in [-0.1, -0.05) is 12.1 Å². The second-order valence-corrected chi connectivity index (χ2v) is 3.01. The van der Waals surface area contributed by atoms with Crippen molar-refractivity contribution >= 4 is 11.8 Å². The lowest BCUT2D eigenvalue weighted by Gasteiger charge is -2.08. The summed E-state index contributed by atoms with van der Waals surface area (Å²) in [5.41, 5.74) is 6.38. The van der Waals surface area contributed by atoms with Gasteiger partial charge in [0.05, 0.1) is 13.5 Å². The van der Waals surface area contributed by atoms with Crippen LogP contribution in [0.25, 0.3) is 0 Å². The van der Waals surface area contributed by atoms with Gasteiger partial charge in [0.1, 0.15) is 11.6 Å². The molecule has 0 aliphatic carbocycles. The number of carbonyl (C=O) groups is 1. The third-order valence-corrected chi connectivity index (χ3v) is 1.94. The number of benzene rings is 1. The van der Waals surface area contributed by atoms with Crippen LogP contribution in [0, 0.1) is 5.41 Å². The van der Waals surface area contributed by atoms with Crippen LogP contribution in [0.15, 0.2) is 18.2 Å². The van der Waals surface area contributed by atoms with Gasteiger partial charge >= 0.3 is 5.97 Å². The van der Waals surface area contributed by atoms with Crippen LogP contribution < -0.4 is 10.5 Å². The minimum Gasteiger partial charge on any atom is -0.496 e. The lowest BCUT2D eigenvalue weighted by atomic mass is 10.1. The normalized spacial score (nSPS) is 9.67. The van der Waals surface area contributed by atoms with E-state index < -0.39 is 5.97 Å². The maximum absolute atomic E-state index is 10.5. The number of rotatable bonds is 4. The monoisotopic (exact) mass is 208 g/mol. The van der Waals surface area contributed by atoms with Crippen LogP contribution in [0.5, 0.6) is 5.75 Å². The van der Waals surface area contributed by atoms with Gasteiger partial charge in [-0.3, -0.25) is 10.2 Å². The van der Waals surface area contributed by atoms with Gasteiger partial charge in [-0.05, 0) is 6.07 Å². The van der Waals surface area contributed by atoms with E-state index in [-0.39, 0.29) is 12.3 Å². The smallest absolute Gasteiger partial charge is 0.307 e. The highest BCUT2D eigenvalue weighted by molar-refractivity contribution is 5.95. The molecule has 1 rings (SSSR count). The number of hydrogen-bond acceptors (Lipinski definition) is 3. The van der Waals surface area contributed by atoms with Crippen LogP contribution in [0.2, 0.25) is 0 Å². The number of amidine groups is 1. The first-order valence-electron chi connectivity index (χ1n) is 4.27. The highest BCUT2D eigenvalue weighted by Gasteiger charge is 2.09. The Balaban J connectivity index is 3.08. The van der Waals surface area contributed by atoms with E-state index in [1.807, 2.05) is 0 Å². The SMILES string of the molecule is COc1cc(C(=N)N)ccc1CC(=O)O. The predicted octanol–water partition coefficient (Wildman–Crippen LogP) is 0.606. The summed E-state index contributed by atoms with van der Waals surface area (Å²) in [6, 6.07) is 4.76. The van der Waals surface area contributed by atoms with E-state index in [0.717, 1.165) is 0 Å². The number of nitrogen functional groups attached to an aromatic ring is 1. The Labute approximate surface area is 87.0 Å². The molecular weight excluding hydrogens is 196 g/mol. The van der Waals surface area contributed by atoms with E-state index in [0.29, 0.717) is 16.9 Å². The minimum absolute atomic E-state index is 0.0739. The fourth-order valence-corrected chi connectivity index (χ4v) is 1.22. The van der Waals surface area contributed by atoms with Gasteiger partial charge < -0.3 is 15.6 Å². The highest BCUT2D eigenvalue weighted by Crippen LogP contribution is 2.20. The molecule has 0 fully saturated rings. The van der Waals surface area contributed by atoms with Crippen molar-refractivity contribution in [1.29, 1.82) is 5.41 Å². The maximum Gasteiger partial charge on any atom is 0.307 e. The van der Waals surface area contributed by atoms with Crippen molar-refractivity contribution in [2.24, 2.45) is 5.73 Å². The fraction of sp³-hybridized carbons (Fsp3) is 0.200. The molecule has 4 N–H and O–H groups in total. The van der Waals surface area contributed by atoms with Gasteiger partial charge in [0, 0.05) is 11.1 Å². The molecule has 15 heavy (non-hydrogen) atoms. The molecule has 0 radical (unpaired) electrons. The Morgan fingerprint density at radius 3 is 2.73 bits per heavy atom. The van der Waals surface area contributed by atoms with Gasteiger partial charge in [-0.15, -0.1) is 0 Å². The van der Waals surface area contributed by atoms with Crippen molar-refractivity contribution in [1.82, 2.24) is 0 Å². The molecule has 0 aliphatic heterocycles.